The van der Waals surface area contributed by atoms with E-state index in [9.17, 15) is 4.79 Å². The summed E-state index contributed by atoms with van der Waals surface area (Å²) in [6, 6.07) is 9.36. The molecule has 0 unspecified atom stereocenters. The van der Waals surface area contributed by atoms with E-state index in [-0.39, 0.29) is 5.91 Å². The van der Waals surface area contributed by atoms with Gasteiger partial charge in [-0.05, 0) is 56.2 Å². The van der Waals surface area contributed by atoms with Gasteiger partial charge in [-0.25, -0.2) is 4.98 Å². The molecule has 8 heteroatoms. The maximum Gasteiger partial charge on any atom is 0.261 e. The fourth-order valence-corrected chi connectivity index (χ4v) is 3.73. The third-order valence-corrected chi connectivity index (χ3v) is 5.29. The number of aryl methyl sites for hydroxylation is 2. The van der Waals surface area contributed by atoms with Crippen molar-refractivity contribution >= 4 is 11.7 Å². The first kappa shape index (κ1) is 19.9. The molecule has 0 atom stereocenters. The van der Waals surface area contributed by atoms with Crippen molar-refractivity contribution in [2.45, 2.75) is 20.3 Å². The van der Waals surface area contributed by atoms with E-state index in [0.29, 0.717) is 36.9 Å². The van der Waals surface area contributed by atoms with Crippen molar-refractivity contribution in [2.75, 3.05) is 38.2 Å². The number of rotatable bonds is 4. The van der Waals surface area contributed by atoms with Crippen molar-refractivity contribution in [3.8, 4) is 17.2 Å². The van der Waals surface area contributed by atoms with Gasteiger partial charge in [-0.3, -0.25) is 4.79 Å². The fourth-order valence-electron chi connectivity index (χ4n) is 3.73. The second-order valence-corrected chi connectivity index (χ2v) is 7.33. The molecule has 1 aromatic carbocycles. The van der Waals surface area contributed by atoms with Crippen molar-refractivity contribution in [2.24, 2.45) is 0 Å². The number of hydrogen-bond acceptors (Lipinski definition) is 7. The Labute approximate surface area is 175 Å². The number of carbonyl (C=O) groups is 1. The van der Waals surface area contributed by atoms with Gasteiger partial charge in [0.15, 0.2) is 5.82 Å². The molecule has 2 aromatic heterocycles. The van der Waals surface area contributed by atoms with Gasteiger partial charge < -0.3 is 19.1 Å². The summed E-state index contributed by atoms with van der Waals surface area (Å²) in [4.78, 5) is 26.1. The van der Waals surface area contributed by atoms with E-state index in [2.05, 4.69) is 20.0 Å². The normalized spacial score (nSPS) is 14.5. The smallest absolute Gasteiger partial charge is 0.261 e. The predicted octanol–water partition coefficient (Wildman–Crippen LogP) is 3.11. The van der Waals surface area contributed by atoms with Crippen LogP contribution in [0.4, 0.5) is 5.82 Å². The van der Waals surface area contributed by atoms with E-state index < -0.39 is 0 Å². The third-order valence-electron chi connectivity index (χ3n) is 5.29. The van der Waals surface area contributed by atoms with Gasteiger partial charge in [-0.1, -0.05) is 5.16 Å². The molecule has 0 radical (unpaired) electrons. The van der Waals surface area contributed by atoms with Crippen LogP contribution in [0.1, 0.15) is 28.2 Å². The molecule has 0 N–H and O–H groups in total. The molecule has 4 rings (SSSR count). The summed E-state index contributed by atoms with van der Waals surface area (Å²) in [5.41, 5.74) is 2.44. The average Bonchev–Trinajstić information content (AvgIpc) is 3.05. The third kappa shape index (κ3) is 3.98. The largest absolute Gasteiger partial charge is 0.497 e. The highest BCUT2D eigenvalue weighted by Gasteiger charge is 2.24. The average molecular weight is 407 g/mol. The van der Waals surface area contributed by atoms with Gasteiger partial charge in [0.2, 0.25) is 0 Å². The number of hydrogen-bond donors (Lipinski definition) is 0. The van der Waals surface area contributed by atoms with Gasteiger partial charge in [-0.15, -0.1) is 0 Å². The first-order valence-corrected chi connectivity index (χ1v) is 10.0. The monoisotopic (exact) mass is 407 g/mol. The highest BCUT2D eigenvalue weighted by molar-refractivity contribution is 5.96. The molecule has 0 aliphatic carbocycles. The van der Waals surface area contributed by atoms with E-state index in [1.165, 1.54) is 0 Å². The molecule has 1 amide bonds. The predicted molar refractivity (Wildman–Crippen MR) is 113 cm³/mol. The summed E-state index contributed by atoms with van der Waals surface area (Å²) in [7, 11) is 1.63. The molecule has 0 bridgehead atoms. The van der Waals surface area contributed by atoms with Crippen LogP contribution in [0.3, 0.4) is 0 Å². The quantitative estimate of drug-likeness (QED) is 0.657. The molecule has 0 spiro atoms. The summed E-state index contributed by atoms with van der Waals surface area (Å²) in [5.74, 6) is 2.65. The second-order valence-electron chi connectivity index (χ2n) is 7.33. The zero-order chi connectivity index (χ0) is 21.1. The Morgan fingerprint density at radius 2 is 2.00 bits per heavy atom. The molecule has 0 saturated carbocycles. The van der Waals surface area contributed by atoms with Gasteiger partial charge in [0.25, 0.3) is 11.8 Å². The summed E-state index contributed by atoms with van der Waals surface area (Å²) < 4.78 is 10.6. The van der Waals surface area contributed by atoms with Crippen molar-refractivity contribution < 1.29 is 14.1 Å². The molecule has 1 aliphatic rings. The molecular formula is C22H25N5O3. The second kappa shape index (κ2) is 8.52. The van der Waals surface area contributed by atoms with Crippen LogP contribution in [0.25, 0.3) is 11.5 Å². The Balaban J connectivity index is 1.52. The van der Waals surface area contributed by atoms with E-state index in [4.69, 9.17) is 9.26 Å². The SMILES string of the molecule is COc1ccc(C(=O)N2CCCN(c3ncccc3-c3nc(C)no3)CC2)c(C)c1. The standard InChI is InChI=1S/C22H25N5O3/c1-15-14-17(29-3)7-8-18(15)22(28)27-11-5-10-26(12-13-27)20-19(6-4-9-23-20)21-24-16(2)25-30-21/h4,6-9,14H,5,10-13H2,1-3H3. The highest BCUT2D eigenvalue weighted by atomic mass is 16.5. The molecule has 1 aliphatic heterocycles. The Morgan fingerprint density at radius 3 is 2.73 bits per heavy atom. The highest BCUT2D eigenvalue weighted by Crippen LogP contribution is 2.28. The van der Waals surface area contributed by atoms with Crippen molar-refractivity contribution in [3.05, 3.63) is 53.5 Å². The van der Waals surface area contributed by atoms with E-state index in [1.807, 2.05) is 42.2 Å². The minimum atomic E-state index is 0.0470. The van der Waals surface area contributed by atoms with Gasteiger partial charge in [0.1, 0.15) is 11.6 Å². The van der Waals surface area contributed by atoms with Crippen LogP contribution in [0.15, 0.2) is 41.1 Å². The number of nitrogens with zero attached hydrogens (tertiary/aromatic N) is 5. The molecular weight excluding hydrogens is 382 g/mol. The van der Waals surface area contributed by atoms with Gasteiger partial charge in [-0.2, -0.15) is 4.98 Å². The lowest BCUT2D eigenvalue weighted by molar-refractivity contribution is 0.0766. The van der Waals surface area contributed by atoms with Gasteiger partial charge in [0, 0.05) is 37.9 Å². The van der Waals surface area contributed by atoms with Crippen LogP contribution < -0.4 is 9.64 Å². The molecule has 1 saturated heterocycles. The van der Waals surface area contributed by atoms with Gasteiger partial charge in [0.05, 0.1) is 12.7 Å². The van der Waals surface area contributed by atoms with E-state index in [0.717, 1.165) is 35.7 Å². The minimum Gasteiger partial charge on any atom is -0.497 e. The topological polar surface area (TPSA) is 84.6 Å². The number of methoxy groups -OCH3 is 1. The minimum absolute atomic E-state index is 0.0470. The van der Waals surface area contributed by atoms with E-state index >= 15 is 0 Å². The molecule has 3 aromatic rings. The Morgan fingerprint density at radius 1 is 1.13 bits per heavy atom. The summed E-state index contributed by atoms with van der Waals surface area (Å²) in [6.45, 7) is 6.51. The number of carbonyl (C=O) groups excluding carboxylic acids is 1. The van der Waals surface area contributed by atoms with Gasteiger partial charge >= 0.3 is 0 Å². The van der Waals surface area contributed by atoms with Crippen molar-refractivity contribution in [1.29, 1.82) is 0 Å². The summed E-state index contributed by atoms with van der Waals surface area (Å²) in [5, 5.41) is 3.89. The molecule has 30 heavy (non-hydrogen) atoms. The van der Waals surface area contributed by atoms with Crippen molar-refractivity contribution in [3.63, 3.8) is 0 Å². The maximum absolute atomic E-state index is 13.1. The molecule has 1 fully saturated rings. The molecule has 8 nitrogen and oxygen atoms in total. The van der Waals surface area contributed by atoms with Crippen LogP contribution in [0.2, 0.25) is 0 Å². The number of anilines is 1. The van der Waals surface area contributed by atoms with Crippen LogP contribution in [0, 0.1) is 13.8 Å². The Kier molecular flexibility index (Phi) is 5.65. The lowest BCUT2D eigenvalue weighted by atomic mass is 10.1. The molecule has 3 heterocycles. The fraction of sp³-hybridized carbons (Fsp3) is 0.364. The van der Waals surface area contributed by atoms with Crippen LogP contribution in [0.5, 0.6) is 5.75 Å². The number of benzene rings is 1. The van der Waals surface area contributed by atoms with Crippen LogP contribution >= 0.6 is 0 Å². The Hall–Kier alpha value is -3.42. The number of amides is 1. The van der Waals surface area contributed by atoms with Crippen LogP contribution in [-0.2, 0) is 0 Å². The zero-order valence-corrected chi connectivity index (χ0v) is 17.5. The lowest BCUT2D eigenvalue weighted by Crippen LogP contribution is -2.35. The van der Waals surface area contributed by atoms with Crippen molar-refractivity contribution in [1.82, 2.24) is 20.0 Å². The summed E-state index contributed by atoms with van der Waals surface area (Å²) >= 11 is 0. The lowest BCUT2D eigenvalue weighted by Gasteiger charge is -2.24. The number of pyridine rings is 1. The molecule has 156 valence electrons. The first-order chi connectivity index (χ1) is 14.6. The Bertz CT molecular complexity index is 1050. The van der Waals surface area contributed by atoms with Crippen LogP contribution in [-0.4, -0.2) is 59.2 Å². The maximum atomic E-state index is 13.1. The number of ether oxygens (including phenoxy) is 1. The summed E-state index contributed by atoms with van der Waals surface area (Å²) in [6.07, 6.45) is 2.61. The number of aromatic nitrogens is 3. The van der Waals surface area contributed by atoms with E-state index in [1.54, 1.807) is 20.2 Å². The zero-order valence-electron chi connectivity index (χ0n) is 17.5. The first-order valence-electron chi connectivity index (χ1n) is 10.0.